The summed E-state index contributed by atoms with van der Waals surface area (Å²) >= 11 is 0. The maximum atomic E-state index is 12.2. The summed E-state index contributed by atoms with van der Waals surface area (Å²) in [5.74, 6) is 0.927. The number of nitrogen functional groups attached to an aromatic ring is 1. The summed E-state index contributed by atoms with van der Waals surface area (Å²) in [7, 11) is -2.02. The molecule has 0 amide bonds. The first-order chi connectivity index (χ1) is 8.94. The Morgan fingerprint density at radius 3 is 2.58 bits per heavy atom. The summed E-state index contributed by atoms with van der Waals surface area (Å²) in [4.78, 5) is 0.178. The first-order valence-electron chi connectivity index (χ1n) is 6.40. The van der Waals surface area contributed by atoms with Crippen LogP contribution in [0.3, 0.4) is 0 Å². The summed E-state index contributed by atoms with van der Waals surface area (Å²) in [5.41, 5.74) is 6.06. The van der Waals surface area contributed by atoms with Gasteiger partial charge >= 0.3 is 0 Å². The minimum Gasteiger partial charge on any atom is -0.495 e. The van der Waals surface area contributed by atoms with Gasteiger partial charge in [-0.1, -0.05) is 6.42 Å². The Morgan fingerprint density at radius 1 is 1.42 bits per heavy atom. The van der Waals surface area contributed by atoms with Crippen molar-refractivity contribution in [2.24, 2.45) is 5.92 Å². The van der Waals surface area contributed by atoms with E-state index in [0.717, 1.165) is 12.8 Å². The molecule has 1 saturated carbocycles. The molecule has 0 saturated heterocycles. The molecule has 106 valence electrons. The molecule has 0 spiro atoms. The lowest BCUT2D eigenvalue weighted by Crippen LogP contribution is -2.40. The number of nitrogens with one attached hydrogen (secondary N) is 1. The summed E-state index contributed by atoms with van der Waals surface area (Å²) in [6, 6.07) is 4.46. The number of rotatable bonds is 5. The number of hydrogen-bond donors (Lipinski definition) is 2. The van der Waals surface area contributed by atoms with Crippen LogP contribution in [0.25, 0.3) is 0 Å². The van der Waals surface area contributed by atoms with E-state index in [9.17, 15) is 8.42 Å². The lowest BCUT2D eigenvalue weighted by Gasteiger charge is -2.31. The van der Waals surface area contributed by atoms with Crippen molar-refractivity contribution >= 4 is 15.7 Å². The van der Waals surface area contributed by atoms with Crippen LogP contribution in [-0.2, 0) is 10.0 Å². The third-order valence-corrected chi connectivity index (χ3v) is 5.27. The van der Waals surface area contributed by atoms with Crippen LogP contribution in [0.15, 0.2) is 23.1 Å². The van der Waals surface area contributed by atoms with Gasteiger partial charge in [0.1, 0.15) is 5.75 Å². The Balaban J connectivity index is 2.16. The fraction of sp³-hybridized carbons (Fsp3) is 0.538. The van der Waals surface area contributed by atoms with Crippen molar-refractivity contribution < 1.29 is 13.2 Å². The Kier molecular flexibility index (Phi) is 4.01. The predicted octanol–water partition coefficient (Wildman–Crippen LogP) is 1.74. The molecule has 0 radical (unpaired) electrons. The van der Waals surface area contributed by atoms with E-state index in [4.69, 9.17) is 10.5 Å². The zero-order valence-corrected chi connectivity index (χ0v) is 12.0. The fourth-order valence-electron chi connectivity index (χ4n) is 2.23. The number of hydrogen-bond acceptors (Lipinski definition) is 4. The second kappa shape index (κ2) is 5.38. The van der Waals surface area contributed by atoms with Gasteiger partial charge in [0.2, 0.25) is 10.0 Å². The average molecular weight is 284 g/mol. The average Bonchev–Trinajstić information content (AvgIpc) is 2.25. The smallest absolute Gasteiger partial charge is 0.240 e. The Bertz CT molecular complexity index is 553. The molecule has 1 aliphatic rings. The summed E-state index contributed by atoms with van der Waals surface area (Å²) in [5, 5.41) is 0. The zero-order valence-electron chi connectivity index (χ0n) is 11.2. The van der Waals surface area contributed by atoms with Gasteiger partial charge in [-0.2, -0.15) is 0 Å². The SMILES string of the molecule is COc1ccc(S(=O)(=O)NC(C)C2CCC2)cc1N. The topological polar surface area (TPSA) is 81.4 Å². The molecular weight excluding hydrogens is 264 g/mol. The lowest BCUT2D eigenvalue weighted by molar-refractivity contribution is 0.260. The molecule has 1 aliphatic carbocycles. The zero-order chi connectivity index (χ0) is 14.0. The monoisotopic (exact) mass is 284 g/mol. The van der Waals surface area contributed by atoms with Gasteiger partial charge in [0.05, 0.1) is 17.7 Å². The number of benzene rings is 1. The van der Waals surface area contributed by atoms with Crippen LogP contribution in [0.2, 0.25) is 0 Å². The normalized spacial score (nSPS) is 17.8. The summed E-state index contributed by atoms with van der Waals surface area (Å²) < 4.78 is 32.2. The third kappa shape index (κ3) is 3.01. The molecule has 3 N–H and O–H groups in total. The van der Waals surface area contributed by atoms with Crippen LogP contribution in [0.4, 0.5) is 5.69 Å². The standard InChI is InChI=1S/C13H20N2O3S/c1-9(10-4-3-5-10)15-19(16,17)11-6-7-13(18-2)12(14)8-11/h6-10,15H,3-5,14H2,1-2H3. The second-order valence-electron chi connectivity index (χ2n) is 5.00. The summed E-state index contributed by atoms with van der Waals surface area (Å²) in [6.45, 7) is 1.91. The van der Waals surface area contributed by atoms with E-state index in [-0.39, 0.29) is 10.9 Å². The van der Waals surface area contributed by atoms with Gasteiger partial charge in [0.15, 0.2) is 0 Å². The molecule has 1 aromatic carbocycles. The van der Waals surface area contributed by atoms with Crippen LogP contribution < -0.4 is 15.2 Å². The maximum absolute atomic E-state index is 12.2. The molecule has 1 atom stereocenters. The third-order valence-electron chi connectivity index (χ3n) is 3.71. The lowest BCUT2D eigenvalue weighted by atomic mass is 9.81. The number of ether oxygens (including phenoxy) is 1. The van der Waals surface area contributed by atoms with E-state index in [1.165, 1.54) is 25.7 Å². The largest absolute Gasteiger partial charge is 0.495 e. The highest BCUT2D eigenvalue weighted by Gasteiger charge is 2.28. The van der Waals surface area contributed by atoms with Crippen LogP contribution in [-0.4, -0.2) is 21.6 Å². The molecule has 0 aliphatic heterocycles. The number of sulfonamides is 1. The van der Waals surface area contributed by atoms with Gasteiger partial charge in [-0.15, -0.1) is 0 Å². The van der Waals surface area contributed by atoms with E-state index in [1.54, 1.807) is 6.07 Å². The minimum absolute atomic E-state index is 0.0397. The Labute approximate surface area is 114 Å². The number of anilines is 1. The van der Waals surface area contributed by atoms with Gasteiger partial charge < -0.3 is 10.5 Å². The highest BCUT2D eigenvalue weighted by molar-refractivity contribution is 7.89. The minimum atomic E-state index is -3.51. The molecule has 0 bridgehead atoms. The first kappa shape index (κ1) is 14.1. The highest BCUT2D eigenvalue weighted by atomic mass is 32.2. The van der Waals surface area contributed by atoms with Gasteiger partial charge in [-0.3, -0.25) is 0 Å². The first-order valence-corrected chi connectivity index (χ1v) is 7.88. The summed E-state index contributed by atoms with van der Waals surface area (Å²) in [6.07, 6.45) is 3.37. The van der Waals surface area contributed by atoms with Crippen molar-refractivity contribution in [3.8, 4) is 5.75 Å². The van der Waals surface area contributed by atoms with Gasteiger partial charge in [0, 0.05) is 6.04 Å². The van der Waals surface area contributed by atoms with E-state index in [0.29, 0.717) is 17.4 Å². The molecule has 1 unspecified atom stereocenters. The van der Waals surface area contributed by atoms with Crippen molar-refractivity contribution in [1.29, 1.82) is 0 Å². The van der Waals surface area contributed by atoms with Crippen molar-refractivity contribution in [3.05, 3.63) is 18.2 Å². The van der Waals surface area contributed by atoms with Crippen molar-refractivity contribution in [2.45, 2.75) is 37.1 Å². The number of methoxy groups -OCH3 is 1. The molecule has 6 heteroatoms. The number of nitrogens with two attached hydrogens (primary N) is 1. The molecule has 0 heterocycles. The van der Waals surface area contributed by atoms with E-state index in [2.05, 4.69) is 4.72 Å². The van der Waals surface area contributed by atoms with Gasteiger partial charge in [0.25, 0.3) is 0 Å². The Morgan fingerprint density at radius 2 is 2.11 bits per heavy atom. The van der Waals surface area contributed by atoms with Crippen molar-refractivity contribution in [3.63, 3.8) is 0 Å². The van der Waals surface area contributed by atoms with Crippen molar-refractivity contribution in [2.75, 3.05) is 12.8 Å². The predicted molar refractivity (Wildman–Crippen MR) is 74.5 cm³/mol. The molecule has 19 heavy (non-hydrogen) atoms. The molecule has 5 nitrogen and oxygen atoms in total. The quantitative estimate of drug-likeness (QED) is 0.807. The second-order valence-corrected chi connectivity index (χ2v) is 6.72. The van der Waals surface area contributed by atoms with Crippen molar-refractivity contribution in [1.82, 2.24) is 4.72 Å². The van der Waals surface area contributed by atoms with Crippen LogP contribution in [0.1, 0.15) is 26.2 Å². The van der Waals surface area contributed by atoms with E-state index in [1.807, 2.05) is 6.92 Å². The molecule has 1 aromatic rings. The van der Waals surface area contributed by atoms with Crippen LogP contribution in [0, 0.1) is 5.92 Å². The molecular formula is C13H20N2O3S. The Hall–Kier alpha value is -1.27. The van der Waals surface area contributed by atoms with Crippen LogP contribution in [0.5, 0.6) is 5.75 Å². The van der Waals surface area contributed by atoms with Crippen LogP contribution >= 0.6 is 0 Å². The van der Waals surface area contributed by atoms with E-state index < -0.39 is 10.0 Å². The molecule has 2 rings (SSSR count). The van der Waals surface area contributed by atoms with Gasteiger partial charge in [-0.25, -0.2) is 13.1 Å². The maximum Gasteiger partial charge on any atom is 0.240 e. The van der Waals surface area contributed by atoms with E-state index >= 15 is 0 Å². The highest BCUT2D eigenvalue weighted by Crippen LogP contribution is 2.30. The molecule has 1 fully saturated rings. The van der Waals surface area contributed by atoms with Gasteiger partial charge in [-0.05, 0) is 43.9 Å². The fourth-order valence-corrected chi connectivity index (χ4v) is 3.58. The molecule has 0 aromatic heterocycles.